The van der Waals surface area contributed by atoms with Crippen molar-refractivity contribution in [1.29, 1.82) is 0 Å². The number of ether oxygens (including phenoxy) is 1. The van der Waals surface area contributed by atoms with Gasteiger partial charge in [-0.2, -0.15) is 0 Å². The van der Waals surface area contributed by atoms with E-state index in [1.807, 2.05) is 19.1 Å². The van der Waals surface area contributed by atoms with Crippen molar-refractivity contribution < 1.29 is 9.13 Å². The minimum absolute atomic E-state index is 0.0570. The first kappa shape index (κ1) is 22.2. The Morgan fingerprint density at radius 2 is 2.03 bits per heavy atom. The molecule has 9 heteroatoms. The molecule has 3 aromatic heterocycles. The molecule has 4 aromatic rings. The van der Waals surface area contributed by atoms with Crippen LogP contribution in [-0.2, 0) is 17.7 Å². The Balaban J connectivity index is 1.51. The highest BCUT2D eigenvalue weighted by Gasteiger charge is 2.30. The molecular formula is C26H23ClFN5O2. The van der Waals surface area contributed by atoms with Gasteiger partial charge in [-0.15, -0.1) is 0 Å². The van der Waals surface area contributed by atoms with Gasteiger partial charge in [-0.1, -0.05) is 11.6 Å². The molecule has 35 heavy (non-hydrogen) atoms. The molecule has 2 aliphatic rings. The number of nitrogens with zero attached hydrogens (tertiary/aromatic N) is 5. The molecule has 2 atom stereocenters. The van der Waals surface area contributed by atoms with Crippen molar-refractivity contribution >= 4 is 22.6 Å². The summed E-state index contributed by atoms with van der Waals surface area (Å²) in [5.41, 5.74) is 2.92. The van der Waals surface area contributed by atoms with E-state index in [0.29, 0.717) is 60.3 Å². The maximum Gasteiger partial charge on any atom is 0.280 e. The van der Waals surface area contributed by atoms with E-state index in [4.69, 9.17) is 31.3 Å². The van der Waals surface area contributed by atoms with Gasteiger partial charge < -0.3 is 4.74 Å². The van der Waals surface area contributed by atoms with Crippen molar-refractivity contribution in [2.24, 2.45) is 0 Å². The van der Waals surface area contributed by atoms with Crippen LogP contribution in [0, 0.1) is 12.7 Å². The molecular weight excluding hydrogens is 469 g/mol. The highest BCUT2D eigenvalue weighted by molar-refractivity contribution is 6.30. The zero-order valence-corrected chi connectivity index (χ0v) is 19.9. The van der Waals surface area contributed by atoms with Gasteiger partial charge in [-0.25, -0.2) is 19.3 Å². The number of benzene rings is 1. The van der Waals surface area contributed by atoms with E-state index in [0.717, 1.165) is 17.7 Å². The molecule has 2 aliphatic heterocycles. The summed E-state index contributed by atoms with van der Waals surface area (Å²) in [6.07, 6.45) is 4.54. The van der Waals surface area contributed by atoms with E-state index in [-0.39, 0.29) is 28.7 Å². The Labute approximate surface area is 206 Å². The van der Waals surface area contributed by atoms with Crippen LogP contribution < -0.4 is 5.56 Å². The SMILES string of the molecule is Cc1cc(C2CC(c3nc(-c4ccc(Cl)cc4F)c4nc5n(c(=O)c4n3)CCC5)CCO2)ccn1. The zero-order valence-electron chi connectivity index (χ0n) is 19.2. The summed E-state index contributed by atoms with van der Waals surface area (Å²) >= 11 is 6.00. The van der Waals surface area contributed by atoms with E-state index >= 15 is 4.39 Å². The molecule has 0 spiro atoms. The first-order valence-corrected chi connectivity index (χ1v) is 12.2. The van der Waals surface area contributed by atoms with Gasteiger partial charge >= 0.3 is 0 Å². The molecule has 0 aliphatic carbocycles. The fraction of sp³-hybridized carbons (Fsp3) is 0.346. The van der Waals surface area contributed by atoms with Crippen molar-refractivity contribution in [3.8, 4) is 11.3 Å². The number of hydrogen-bond donors (Lipinski definition) is 0. The molecule has 0 saturated carbocycles. The molecule has 1 aromatic carbocycles. The maximum absolute atomic E-state index is 15.1. The third kappa shape index (κ3) is 4.00. The van der Waals surface area contributed by atoms with Gasteiger partial charge in [0, 0.05) is 48.0 Å². The zero-order chi connectivity index (χ0) is 24.1. The minimum Gasteiger partial charge on any atom is -0.373 e. The second-order valence-electron chi connectivity index (χ2n) is 9.15. The third-order valence-electron chi connectivity index (χ3n) is 6.81. The quantitative estimate of drug-likeness (QED) is 0.404. The summed E-state index contributed by atoms with van der Waals surface area (Å²) in [5, 5.41) is 0.290. The Kier molecular flexibility index (Phi) is 5.57. The van der Waals surface area contributed by atoms with Gasteiger partial charge in [-0.3, -0.25) is 14.3 Å². The normalized spacial score (nSPS) is 19.7. The second-order valence-corrected chi connectivity index (χ2v) is 9.59. The van der Waals surface area contributed by atoms with Crippen LogP contribution in [0.1, 0.15) is 54.2 Å². The molecule has 5 heterocycles. The second kappa shape index (κ2) is 8.77. The van der Waals surface area contributed by atoms with Crippen LogP contribution in [0.5, 0.6) is 0 Å². The molecule has 1 saturated heterocycles. The minimum atomic E-state index is -0.511. The van der Waals surface area contributed by atoms with Gasteiger partial charge in [0.1, 0.15) is 28.7 Å². The van der Waals surface area contributed by atoms with Crippen LogP contribution in [0.2, 0.25) is 5.02 Å². The summed E-state index contributed by atoms with van der Waals surface area (Å²) in [6.45, 7) is 3.09. The molecule has 0 radical (unpaired) electrons. The summed E-state index contributed by atoms with van der Waals surface area (Å²) in [5.74, 6) is 0.633. The highest BCUT2D eigenvalue weighted by Crippen LogP contribution is 2.38. The average molecular weight is 492 g/mol. The number of halogens is 2. The number of fused-ring (bicyclic) bond motifs is 2. The molecule has 0 amide bonds. The molecule has 0 bridgehead atoms. The lowest BCUT2D eigenvalue weighted by Crippen LogP contribution is -2.25. The van der Waals surface area contributed by atoms with E-state index in [9.17, 15) is 4.79 Å². The topological polar surface area (TPSA) is 82.8 Å². The molecule has 6 rings (SSSR count). The molecule has 1 fully saturated rings. The van der Waals surface area contributed by atoms with Crippen LogP contribution in [-0.4, -0.2) is 31.1 Å². The Hall–Kier alpha value is -3.23. The van der Waals surface area contributed by atoms with Crippen LogP contribution in [0.15, 0.2) is 41.3 Å². The standard InChI is InChI=1S/C26H23ClFN5O2/c1-14-11-15(6-8-29-14)20-12-16(7-10-35-20)25-31-22(18-5-4-17(27)13-19(18)28)23-24(32-25)26(34)33-9-2-3-21(33)30-23/h4-6,8,11,13,16,20H,2-3,7,9-10,12H2,1H3. The number of aryl methyl sites for hydroxylation is 2. The third-order valence-corrected chi connectivity index (χ3v) is 7.05. The highest BCUT2D eigenvalue weighted by atomic mass is 35.5. The fourth-order valence-corrected chi connectivity index (χ4v) is 5.22. The summed E-state index contributed by atoms with van der Waals surface area (Å²) < 4.78 is 22.8. The van der Waals surface area contributed by atoms with E-state index in [2.05, 4.69) is 4.98 Å². The molecule has 0 N–H and O–H groups in total. The van der Waals surface area contributed by atoms with Crippen LogP contribution in [0.3, 0.4) is 0 Å². The number of pyridine rings is 1. The van der Waals surface area contributed by atoms with E-state index in [1.165, 1.54) is 6.07 Å². The van der Waals surface area contributed by atoms with E-state index in [1.54, 1.807) is 22.9 Å². The predicted molar refractivity (Wildman–Crippen MR) is 130 cm³/mol. The first-order chi connectivity index (χ1) is 17.0. The molecule has 7 nitrogen and oxygen atoms in total. The van der Waals surface area contributed by atoms with Gasteiger partial charge in [0.2, 0.25) is 0 Å². The smallest absolute Gasteiger partial charge is 0.280 e. The number of hydrogen-bond acceptors (Lipinski definition) is 6. The molecule has 178 valence electrons. The van der Waals surface area contributed by atoms with Crippen molar-refractivity contribution in [2.75, 3.05) is 6.61 Å². The Morgan fingerprint density at radius 1 is 1.14 bits per heavy atom. The van der Waals surface area contributed by atoms with Crippen molar-refractivity contribution in [1.82, 2.24) is 24.5 Å². The maximum atomic E-state index is 15.1. The van der Waals surface area contributed by atoms with Crippen molar-refractivity contribution in [2.45, 2.75) is 51.2 Å². The average Bonchev–Trinajstić information content (AvgIpc) is 3.33. The Morgan fingerprint density at radius 3 is 2.86 bits per heavy atom. The lowest BCUT2D eigenvalue weighted by molar-refractivity contribution is 0.00394. The van der Waals surface area contributed by atoms with Gasteiger partial charge in [0.15, 0.2) is 5.52 Å². The summed E-state index contributed by atoms with van der Waals surface area (Å²) in [4.78, 5) is 31.9. The summed E-state index contributed by atoms with van der Waals surface area (Å²) in [6, 6.07) is 8.42. The van der Waals surface area contributed by atoms with Gasteiger partial charge in [0.25, 0.3) is 5.56 Å². The predicted octanol–water partition coefficient (Wildman–Crippen LogP) is 4.93. The first-order valence-electron chi connectivity index (χ1n) is 11.8. The summed E-state index contributed by atoms with van der Waals surface area (Å²) in [7, 11) is 0. The van der Waals surface area contributed by atoms with Crippen LogP contribution in [0.25, 0.3) is 22.3 Å². The lowest BCUT2D eigenvalue weighted by atomic mass is 9.91. The van der Waals surface area contributed by atoms with Crippen molar-refractivity contribution in [3.05, 3.63) is 80.6 Å². The van der Waals surface area contributed by atoms with Crippen LogP contribution >= 0.6 is 11.6 Å². The Bertz CT molecular complexity index is 1520. The molecule has 2 unspecified atom stereocenters. The largest absolute Gasteiger partial charge is 0.373 e. The van der Waals surface area contributed by atoms with Gasteiger partial charge in [0.05, 0.1) is 6.10 Å². The number of aromatic nitrogens is 5. The lowest BCUT2D eigenvalue weighted by Gasteiger charge is -2.29. The fourth-order valence-electron chi connectivity index (χ4n) is 5.06. The monoisotopic (exact) mass is 491 g/mol. The van der Waals surface area contributed by atoms with Gasteiger partial charge in [-0.05, 0) is 62.1 Å². The van der Waals surface area contributed by atoms with Crippen LogP contribution in [0.4, 0.5) is 4.39 Å². The number of rotatable bonds is 3. The van der Waals surface area contributed by atoms with E-state index < -0.39 is 5.82 Å². The van der Waals surface area contributed by atoms with Crippen molar-refractivity contribution in [3.63, 3.8) is 0 Å².